The lowest BCUT2D eigenvalue weighted by atomic mass is 9.96. The summed E-state index contributed by atoms with van der Waals surface area (Å²) in [4.78, 5) is 20.8. The molecule has 2 saturated heterocycles. The summed E-state index contributed by atoms with van der Waals surface area (Å²) in [5.74, 6) is 0.826. The van der Waals surface area contributed by atoms with Crippen LogP contribution in [-0.2, 0) is 9.53 Å². The van der Waals surface area contributed by atoms with Gasteiger partial charge in [0.25, 0.3) is 0 Å². The molecule has 2 fully saturated rings. The minimum atomic E-state index is -0.181. The first kappa shape index (κ1) is 16.1. The quantitative estimate of drug-likeness (QED) is 0.922. The SMILES string of the molecule is NC(=O)C1CCN(c2nccc3cccc(N4CCOCC4)c23)CC1. The molecule has 0 unspecified atom stereocenters. The molecule has 0 atom stereocenters. The summed E-state index contributed by atoms with van der Waals surface area (Å²) in [7, 11) is 0. The molecule has 1 aromatic carbocycles. The Labute approximate surface area is 147 Å². The van der Waals surface area contributed by atoms with Crippen LogP contribution in [0.4, 0.5) is 11.5 Å². The number of ether oxygens (including phenoxy) is 1. The molecule has 1 aromatic heterocycles. The van der Waals surface area contributed by atoms with E-state index in [0.29, 0.717) is 0 Å². The van der Waals surface area contributed by atoms with Crippen molar-refractivity contribution in [3.8, 4) is 0 Å². The van der Waals surface area contributed by atoms with Gasteiger partial charge in [-0.25, -0.2) is 4.98 Å². The van der Waals surface area contributed by atoms with E-state index in [-0.39, 0.29) is 11.8 Å². The Morgan fingerprint density at radius 1 is 1.08 bits per heavy atom. The third kappa shape index (κ3) is 3.14. The highest BCUT2D eigenvalue weighted by atomic mass is 16.5. The fourth-order valence-electron chi connectivity index (χ4n) is 3.88. The second kappa shape index (κ2) is 6.88. The van der Waals surface area contributed by atoms with Crippen molar-refractivity contribution in [3.05, 3.63) is 30.5 Å². The van der Waals surface area contributed by atoms with Crippen LogP contribution in [0.25, 0.3) is 10.8 Å². The van der Waals surface area contributed by atoms with Gasteiger partial charge in [-0.1, -0.05) is 12.1 Å². The number of piperidine rings is 1. The summed E-state index contributed by atoms with van der Waals surface area (Å²) in [5, 5.41) is 2.40. The number of morpholine rings is 1. The summed E-state index contributed by atoms with van der Waals surface area (Å²) in [6.45, 7) is 4.95. The predicted octanol–water partition coefficient (Wildman–Crippen LogP) is 1.77. The van der Waals surface area contributed by atoms with Crippen molar-refractivity contribution >= 4 is 28.2 Å². The van der Waals surface area contributed by atoms with Crippen molar-refractivity contribution in [1.29, 1.82) is 0 Å². The second-order valence-electron chi connectivity index (χ2n) is 6.77. The fraction of sp³-hybridized carbons (Fsp3) is 0.474. The van der Waals surface area contributed by atoms with Crippen LogP contribution >= 0.6 is 0 Å². The van der Waals surface area contributed by atoms with E-state index in [2.05, 4.69) is 34.1 Å². The molecule has 0 aliphatic carbocycles. The Balaban J connectivity index is 1.70. The van der Waals surface area contributed by atoms with E-state index < -0.39 is 0 Å². The molecule has 132 valence electrons. The predicted molar refractivity (Wildman–Crippen MR) is 98.9 cm³/mol. The molecule has 0 bridgehead atoms. The lowest BCUT2D eigenvalue weighted by Gasteiger charge is -2.34. The maximum Gasteiger partial charge on any atom is 0.220 e. The van der Waals surface area contributed by atoms with Gasteiger partial charge >= 0.3 is 0 Å². The fourth-order valence-corrected chi connectivity index (χ4v) is 3.88. The first-order chi connectivity index (χ1) is 12.2. The van der Waals surface area contributed by atoms with Gasteiger partial charge in [0.05, 0.1) is 13.2 Å². The van der Waals surface area contributed by atoms with Gasteiger partial charge in [-0.3, -0.25) is 4.79 Å². The highest BCUT2D eigenvalue weighted by Crippen LogP contribution is 2.35. The van der Waals surface area contributed by atoms with Crippen molar-refractivity contribution in [2.45, 2.75) is 12.8 Å². The maximum absolute atomic E-state index is 11.4. The number of fused-ring (bicyclic) bond motifs is 1. The molecular weight excluding hydrogens is 316 g/mol. The van der Waals surface area contributed by atoms with Gasteiger partial charge in [-0.15, -0.1) is 0 Å². The lowest BCUT2D eigenvalue weighted by molar-refractivity contribution is -0.122. The number of pyridine rings is 1. The van der Waals surface area contributed by atoms with E-state index in [9.17, 15) is 4.79 Å². The molecule has 2 aliphatic heterocycles. The Morgan fingerprint density at radius 3 is 2.56 bits per heavy atom. The molecule has 1 amide bonds. The van der Waals surface area contributed by atoms with Gasteiger partial charge in [0.15, 0.2) is 0 Å². The summed E-state index contributed by atoms with van der Waals surface area (Å²) in [5.41, 5.74) is 6.69. The Kier molecular flexibility index (Phi) is 4.44. The second-order valence-corrected chi connectivity index (χ2v) is 6.77. The zero-order chi connectivity index (χ0) is 17.2. The molecule has 3 heterocycles. The van der Waals surface area contributed by atoms with Crippen molar-refractivity contribution in [1.82, 2.24) is 4.98 Å². The van der Waals surface area contributed by atoms with E-state index in [0.717, 1.165) is 58.1 Å². The normalized spacial score (nSPS) is 19.4. The van der Waals surface area contributed by atoms with Crippen LogP contribution in [0.2, 0.25) is 0 Å². The molecule has 25 heavy (non-hydrogen) atoms. The number of carbonyl (C=O) groups excluding carboxylic acids is 1. The highest BCUT2D eigenvalue weighted by Gasteiger charge is 2.26. The van der Waals surface area contributed by atoms with Crippen molar-refractivity contribution < 1.29 is 9.53 Å². The van der Waals surface area contributed by atoms with Crippen LogP contribution in [0.5, 0.6) is 0 Å². The molecule has 6 heteroatoms. The van der Waals surface area contributed by atoms with Crippen LogP contribution < -0.4 is 15.5 Å². The number of benzene rings is 1. The van der Waals surface area contributed by atoms with Gasteiger partial charge < -0.3 is 20.3 Å². The monoisotopic (exact) mass is 340 g/mol. The Hall–Kier alpha value is -2.34. The lowest BCUT2D eigenvalue weighted by Crippen LogP contribution is -2.39. The van der Waals surface area contributed by atoms with E-state index in [1.807, 2.05) is 6.20 Å². The molecule has 2 N–H and O–H groups in total. The summed E-state index contributed by atoms with van der Waals surface area (Å²) in [6.07, 6.45) is 3.47. The molecular formula is C19H24N4O2. The zero-order valence-corrected chi connectivity index (χ0v) is 14.4. The third-order valence-electron chi connectivity index (χ3n) is 5.30. The average Bonchev–Trinajstić information content (AvgIpc) is 2.68. The molecule has 4 rings (SSSR count). The van der Waals surface area contributed by atoms with Gasteiger partial charge in [0, 0.05) is 49.4 Å². The summed E-state index contributed by atoms with van der Waals surface area (Å²) < 4.78 is 5.50. The Bertz CT molecular complexity index is 760. The summed E-state index contributed by atoms with van der Waals surface area (Å²) in [6, 6.07) is 8.49. The number of rotatable bonds is 3. The van der Waals surface area contributed by atoms with Gasteiger partial charge in [0.2, 0.25) is 5.91 Å². The van der Waals surface area contributed by atoms with Gasteiger partial charge in [-0.2, -0.15) is 0 Å². The smallest absolute Gasteiger partial charge is 0.220 e. The minimum Gasteiger partial charge on any atom is -0.378 e. The van der Waals surface area contributed by atoms with Crippen LogP contribution in [0, 0.1) is 5.92 Å². The number of anilines is 2. The van der Waals surface area contributed by atoms with E-state index in [1.54, 1.807) is 0 Å². The first-order valence-corrected chi connectivity index (χ1v) is 8.99. The molecule has 2 aliphatic rings. The standard InChI is InChI=1S/C19H24N4O2/c20-18(24)15-5-8-23(9-6-15)19-17-14(4-7-21-19)2-1-3-16(17)22-10-12-25-13-11-22/h1-4,7,15H,5-6,8-13H2,(H2,20,24). The average molecular weight is 340 g/mol. The molecule has 0 radical (unpaired) electrons. The van der Waals surface area contributed by atoms with E-state index in [1.165, 1.54) is 16.5 Å². The topological polar surface area (TPSA) is 71.7 Å². The van der Waals surface area contributed by atoms with Crippen LogP contribution in [0.3, 0.4) is 0 Å². The number of primary amides is 1. The van der Waals surface area contributed by atoms with Crippen molar-refractivity contribution in [3.63, 3.8) is 0 Å². The Morgan fingerprint density at radius 2 is 1.84 bits per heavy atom. The van der Waals surface area contributed by atoms with Gasteiger partial charge in [0.1, 0.15) is 5.82 Å². The number of amides is 1. The third-order valence-corrected chi connectivity index (χ3v) is 5.30. The van der Waals surface area contributed by atoms with E-state index in [4.69, 9.17) is 15.5 Å². The van der Waals surface area contributed by atoms with Crippen LogP contribution in [-0.4, -0.2) is 50.3 Å². The number of aromatic nitrogens is 1. The van der Waals surface area contributed by atoms with Gasteiger partial charge in [-0.05, 0) is 30.4 Å². The number of nitrogens with two attached hydrogens (primary N) is 1. The molecule has 0 saturated carbocycles. The van der Waals surface area contributed by atoms with Crippen LogP contribution in [0.1, 0.15) is 12.8 Å². The number of carbonyl (C=O) groups is 1. The molecule has 0 spiro atoms. The summed E-state index contributed by atoms with van der Waals surface area (Å²) >= 11 is 0. The number of hydrogen-bond donors (Lipinski definition) is 1. The zero-order valence-electron chi connectivity index (χ0n) is 14.4. The number of hydrogen-bond acceptors (Lipinski definition) is 5. The minimum absolute atomic E-state index is 0.00931. The van der Waals surface area contributed by atoms with Crippen molar-refractivity contribution in [2.24, 2.45) is 11.7 Å². The largest absolute Gasteiger partial charge is 0.378 e. The maximum atomic E-state index is 11.4. The first-order valence-electron chi connectivity index (χ1n) is 8.99. The van der Waals surface area contributed by atoms with E-state index >= 15 is 0 Å². The molecule has 2 aromatic rings. The van der Waals surface area contributed by atoms with Crippen molar-refractivity contribution in [2.75, 3.05) is 49.2 Å². The molecule has 6 nitrogen and oxygen atoms in total. The highest BCUT2D eigenvalue weighted by molar-refractivity contribution is 6.02. The number of nitrogens with zero attached hydrogens (tertiary/aromatic N) is 3. The van der Waals surface area contributed by atoms with Crippen LogP contribution in [0.15, 0.2) is 30.5 Å².